The van der Waals surface area contributed by atoms with Gasteiger partial charge in [0, 0.05) is 36.0 Å². The van der Waals surface area contributed by atoms with Gasteiger partial charge in [-0.1, -0.05) is 6.07 Å². The first kappa shape index (κ1) is 18.0. The fraction of sp³-hybridized carbons (Fsp3) is 0.250. The van der Waals surface area contributed by atoms with E-state index in [-0.39, 0.29) is 12.4 Å². The van der Waals surface area contributed by atoms with Crippen LogP contribution in [0.1, 0.15) is 17.0 Å². The van der Waals surface area contributed by atoms with Gasteiger partial charge in [0.25, 0.3) is 0 Å². The number of rotatable bonds is 5. The van der Waals surface area contributed by atoms with Crippen molar-refractivity contribution in [1.82, 2.24) is 24.4 Å². The minimum Gasteiger partial charge on any atom is -0.496 e. The lowest BCUT2D eigenvalue weighted by Gasteiger charge is -2.14. The molecule has 144 valence electrons. The second-order valence-corrected chi connectivity index (χ2v) is 6.60. The maximum atomic E-state index is 14.2. The van der Waals surface area contributed by atoms with Crippen molar-refractivity contribution in [3.05, 3.63) is 59.4 Å². The highest BCUT2D eigenvalue weighted by atomic mass is 19.1. The number of ether oxygens (including phenoxy) is 1. The molecule has 0 unspecified atom stereocenters. The molecule has 0 saturated heterocycles. The number of aryl methyl sites for hydroxylation is 2. The molecule has 4 rings (SSSR count). The molecule has 0 aliphatic rings. The molecule has 0 fully saturated rings. The Morgan fingerprint density at radius 2 is 2.00 bits per heavy atom. The molecule has 4 aromatic rings. The summed E-state index contributed by atoms with van der Waals surface area (Å²) < 4.78 is 23.2. The Balaban J connectivity index is 1.73. The van der Waals surface area contributed by atoms with Gasteiger partial charge in [0.1, 0.15) is 23.7 Å². The third kappa shape index (κ3) is 2.87. The van der Waals surface area contributed by atoms with E-state index < -0.39 is 0 Å². The SMILES string of the molecule is COc1cccc(F)c1CNc1ccc(-c2c(C)nn(C)c2C)c2nncn12. The molecule has 0 spiro atoms. The van der Waals surface area contributed by atoms with Gasteiger partial charge in [0.2, 0.25) is 0 Å². The number of hydrogen-bond acceptors (Lipinski definition) is 5. The fourth-order valence-corrected chi connectivity index (χ4v) is 3.50. The number of aromatic nitrogens is 5. The number of nitrogens with zero attached hydrogens (tertiary/aromatic N) is 5. The van der Waals surface area contributed by atoms with Crippen molar-refractivity contribution in [2.75, 3.05) is 12.4 Å². The number of methoxy groups -OCH3 is 1. The average Bonchev–Trinajstić information content (AvgIpc) is 3.26. The molecule has 0 aliphatic heterocycles. The van der Waals surface area contributed by atoms with Crippen molar-refractivity contribution in [3.63, 3.8) is 0 Å². The quantitative estimate of drug-likeness (QED) is 0.574. The van der Waals surface area contributed by atoms with E-state index in [0.717, 1.165) is 28.3 Å². The maximum absolute atomic E-state index is 14.2. The fourth-order valence-electron chi connectivity index (χ4n) is 3.50. The van der Waals surface area contributed by atoms with Crippen molar-refractivity contribution in [3.8, 4) is 16.9 Å². The highest BCUT2D eigenvalue weighted by Gasteiger charge is 2.17. The van der Waals surface area contributed by atoms with Gasteiger partial charge in [0.05, 0.1) is 12.8 Å². The molecule has 1 N–H and O–H groups in total. The van der Waals surface area contributed by atoms with E-state index in [4.69, 9.17) is 4.74 Å². The lowest BCUT2D eigenvalue weighted by atomic mass is 10.1. The van der Waals surface area contributed by atoms with Gasteiger partial charge in [-0.05, 0) is 38.1 Å². The van der Waals surface area contributed by atoms with Crippen LogP contribution < -0.4 is 10.1 Å². The van der Waals surface area contributed by atoms with Crippen LogP contribution in [0.15, 0.2) is 36.7 Å². The molecule has 0 bridgehead atoms. The number of anilines is 1. The van der Waals surface area contributed by atoms with Gasteiger partial charge in [-0.2, -0.15) is 5.10 Å². The van der Waals surface area contributed by atoms with Crippen molar-refractivity contribution in [2.45, 2.75) is 20.4 Å². The maximum Gasteiger partial charge on any atom is 0.170 e. The van der Waals surface area contributed by atoms with Crippen LogP contribution >= 0.6 is 0 Å². The zero-order chi connectivity index (χ0) is 19.8. The van der Waals surface area contributed by atoms with Gasteiger partial charge in [-0.15, -0.1) is 10.2 Å². The topological polar surface area (TPSA) is 69.3 Å². The summed E-state index contributed by atoms with van der Waals surface area (Å²) in [5.74, 6) is 0.948. The van der Waals surface area contributed by atoms with E-state index in [2.05, 4.69) is 20.6 Å². The Hall–Kier alpha value is -3.42. The van der Waals surface area contributed by atoms with Crippen LogP contribution in [0.4, 0.5) is 10.2 Å². The summed E-state index contributed by atoms with van der Waals surface area (Å²) in [5, 5.41) is 16.1. The molecule has 3 aromatic heterocycles. The first-order valence-corrected chi connectivity index (χ1v) is 8.89. The van der Waals surface area contributed by atoms with Crippen LogP contribution in [0.2, 0.25) is 0 Å². The minimum absolute atomic E-state index is 0.271. The Morgan fingerprint density at radius 1 is 1.18 bits per heavy atom. The standard InChI is InChI=1S/C20H21FN6O/c1-12-19(13(2)26(3)25-12)14-8-9-18(27-11-23-24-20(14)27)22-10-15-16(21)6-5-7-17(15)28-4/h5-9,11,22H,10H2,1-4H3. The molecule has 0 amide bonds. The summed E-state index contributed by atoms with van der Waals surface area (Å²) in [7, 11) is 3.45. The van der Waals surface area contributed by atoms with Crippen LogP contribution in [-0.2, 0) is 13.6 Å². The first-order chi connectivity index (χ1) is 13.5. The third-order valence-corrected chi connectivity index (χ3v) is 4.98. The molecule has 0 radical (unpaired) electrons. The van der Waals surface area contributed by atoms with Gasteiger partial charge in [-0.3, -0.25) is 9.08 Å². The second kappa shape index (κ2) is 6.95. The largest absolute Gasteiger partial charge is 0.496 e. The normalized spacial score (nSPS) is 11.2. The number of benzene rings is 1. The zero-order valence-electron chi connectivity index (χ0n) is 16.2. The van der Waals surface area contributed by atoms with Crippen LogP contribution in [-0.4, -0.2) is 31.5 Å². The molecule has 0 atom stereocenters. The molecular weight excluding hydrogens is 359 g/mol. The zero-order valence-corrected chi connectivity index (χ0v) is 16.2. The molecule has 28 heavy (non-hydrogen) atoms. The molecule has 7 nitrogen and oxygen atoms in total. The smallest absolute Gasteiger partial charge is 0.170 e. The molecule has 1 aromatic carbocycles. The van der Waals surface area contributed by atoms with Crippen molar-refractivity contribution in [2.24, 2.45) is 7.05 Å². The summed E-state index contributed by atoms with van der Waals surface area (Å²) in [5.41, 5.74) is 5.16. The summed E-state index contributed by atoms with van der Waals surface area (Å²) in [6.07, 6.45) is 1.64. The van der Waals surface area contributed by atoms with Gasteiger partial charge >= 0.3 is 0 Å². The molecule has 0 saturated carbocycles. The van der Waals surface area contributed by atoms with Crippen molar-refractivity contribution < 1.29 is 9.13 Å². The number of hydrogen-bond donors (Lipinski definition) is 1. The summed E-state index contributed by atoms with van der Waals surface area (Å²) in [4.78, 5) is 0. The molecule has 0 aliphatic carbocycles. The lowest BCUT2D eigenvalue weighted by molar-refractivity contribution is 0.405. The van der Waals surface area contributed by atoms with E-state index in [1.165, 1.54) is 13.2 Å². The number of halogens is 1. The molecule has 3 heterocycles. The van der Waals surface area contributed by atoms with Crippen LogP contribution in [0.5, 0.6) is 5.75 Å². The van der Waals surface area contributed by atoms with Gasteiger partial charge in [0.15, 0.2) is 5.65 Å². The Kier molecular flexibility index (Phi) is 4.46. The predicted octanol–water partition coefficient (Wildman–Crippen LogP) is 3.51. The Labute approximate surface area is 161 Å². The summed E-state index contributed by atoms with van der Waals surface area (Å²) in [6, 6.07) is 8.71. The highest BCUT2D eigenvalue weighted by Crippen LogP contribution is 2.31. The second-order valence-electron chi connectivity index (χ2n) is 6.60. The van der Waals surface area contributed by atoms with Crippen LogP contribution in [0.3, 0.4) is 0 Å². The van der Waals surface area contributed by atoms with E-state index >= 15 is 0 Å². The Morgan fingerprint density at radius 3 is 2.71 bits per heavy atom. The van der Waals surface area contributed by atoms with Crippen LogP contribution in [0.25, 0.3) is 16.8 Å². The molecular formula is C20H21FN6O. The minimum atomic E-state index is -0.315. The van der Waals surface area contributed by atoms with Gasteiger partial charge in [-0.25, -0.2) is 4.39 Å². The highest BCUT2D eigenvalue weighted by molar-refractivity contribution is 5.81. The predicted molar refractivity (Wildman–Crippen MR) is 105 cm³/mol. The van der Waals surface area contributed by atoms with Crippen molar-refractivity contribution >= 4 is 11.5 Å². The number of pyridine rings is 1. The Bertz CT molecular complexity index is 1160. The first-order valence-electron chi connectivity index (χ1n) is 8.89. The lowest BCUT2D eigenvalue weighted by Crippen LogP contribution is -2.07. The monoisotopic (exact) mass is 380 g/mol. The summed E-state index contributed by atoms with van der Waals surface area (Å²) in [6.45, 7) is 4.28. The van der Waals surface area contributed by atoms with E-state index in [1.807, 2.05) is 42.1 Å². The summed E-state index contributed by atoms with van der Waals surface area (Å²) >= 11 is 0. The van der Waals surface area contributed by atoms with E-state index in [1.54, 1.807) is 18.5 Å². The average molecular weight is 380 g/mol. The number of fused-ring (bicyclic) bond motifs is 1. The van der Waals surface area contributed by atoms with Crippen molar-refractivity contribution in [1.29, 1.82) is 0 Å². The van der Waals surface area contributed by atoms with E-state index in [9.17, 15) is 4.39 Å². The van der Waals surface area contributed by atoms with Crippen LogP contribution in [0, 0.1) is 19.7 Å². The number of nitrogens with one attached hydrogen (secondary N) is 1. The van der Waals surface area contributed by atoms with Gasteiger partial charge < -0.3 is 10.1 Å². The van der Waals surface area contributed by atoms with E-state index in [0.29, 0.717) is 17.0 Å². The third-order valence-electron chi connectivity index (χ3n) is 4.98. The molecule has 8 heteroatoms.